The number of ether oxygens (including phenoxy) is 1. The van der Waals surface area contributed by atoms with Gasteiger partial charge in [-0.25, -0.2) is 0 Å². The highest BCUT2D eigenvalue weighted by atomic mass is 16.5. The molecule has 1 aliphatic rings. The molecule has 17 heavy (non-hydrogen) atoms. The summed E-state index contributed by atoms with van der Waals surface area (Å²) in [6, 6.07) is 5.37. The van der Waals surface area contributed by atoms with Gasteiger partial charge in [-0.3, -0.25) is 4.79 Å². The highest BCUT2D eigenvalue weighted by Gasteiger charge is 2.25. The van der Waals surface area contributed by atoms with Crippen LogP contribution in [0.4, 0.5) is 5.69 Å². The Balaban J connectivity index is 2.21. The number of nitrogens with two attached hydrogens (primary N) is 1. The normalized spacial score (nSPS) is 14.9. The fraction of sp³-hybridized carbons (Fsp3) is 0.308. The Hall–Kier alpha value is -1.97. The molecule has 0 heterocycles. The Labute approximate surface area is 100 Å². The average molecular weight is 232 g/mol. The molecule has 2 rings (SSSR count). The topological polar surface area (TPSA) is 64.3 Å². The minimum absolute atomic E-state index is 0.126. The Morgan fingerprint density at radius 1 is 1.53 bits per heavy atom. The van der Waals surface area contributed by atoms with E-state index < -0.39 is 0 Å². The molecule has 0 aliphatic heterocycles. The van der Waals surface area contributed by atoms with E-state index in [4.69, 9.17) is 10.5 Å². The van der Waals surface area contributed by atoms with Crippen molar-refractivity contribution in [2.24, 2.45) is 0 Å². The molecule has 0 aromatic heterocycles. The first kappa shape index (κ1) is 11.5. The summed E-state index contributed by atoms with van der Waals surface area (Å²) in [5.41, 5.74) is 6.72. The Kier molecular flexibility index (Phi) is 3.32. The van der Waals surface area contributed by atoms with Crippen molar-refractivity contribution in [1.82, 2.24) is 5.32 Å². The Morgan fingerprint density at radius 2 is 2.29 bits per heavy atom. The van der Waals surface area contributed by atoms with Gasteiger partial charge in [0.15, 0.2) is 0 Å². The molecule has 0 bridgehead atoms. The van der Waals surface area contributed by atoms with Crippen molar-refractivity contribution in [3.8, 4) is 5.75 Å². The van der Waals surface area contributed by atoms with E-state index in [1.54, 1.807) is 30.5 Å². The lowest BCUT2D eigenvalue weighted by molar-refractivity contribution is 0.0948. The van der Waals surface area contributed by atoms with Gasteiger partial charge in [-0.2, -0.15) is 0 Å². The maximum absolute atomic E-state index is 12.0. The zero-order valence-corrected chi connectivity index (χ0v) is 9.77. The Morgan fingerprint density at radius 3 is 2.94 bits per heavy atom. The van der Waals surface area contributed by atoms with Crippen LogP contribution in [0.1, 0.15) is 30.1 Å². The second-order valence-corrected chi connectivity index (χ2v) is 4.09. The molecule has 3 N–H and O–H groups in total. The third kappa shape index (κ3) is 3.00. The maximum Gasteiger partial charge on any atom is 0.255 e. The van der Waals surface area contributed by atoms with Crippen LogP contribution in [-0.2, 0) is 0 Å². The minimum Gasteiger partial charge on any atom is -0.465 e. The van der Waals surface area contributed by atoms with Crippen LogP contribution in [0.3, 0.4) is 0 Å². The van der Waals surface area contributed by atoms with E-state index in [0.717, 1.165) is 12.8 Å². The van der Waals surface area contributed by atoms with Crippen molar-refractivity contribution in [3.05, 3.63) is 36.1 Å². The second-order valence-electron chi connectivity index (χ2n) is 4.09. The molecule has 0 saturated heterocycles. The predicted molar refractivity (Wildman–Crippen MR) is 66.8 cm³/mol. The number of hydrogen-bond acceptors (Lipinski definition) is 3. The van der Waals surface area contributed by atoms with Crippen LogP contribution in [0.5, 0.6) is 5.75 Å². The minimum atomic E-state index is -0.126. The van der Waals surface area contributed by atoms with Crippen molar-refractivity contribution >= 4 is 11.6 Å². The summed E-state index contributed by atoms with van der Waals surface area (Å²) >= 11 is 0. The number of allylic oxidation sites excluding steroid dienone is 1. The van der Waals surface area contributed by atoms with E-state index in [2.05, 4.69) is 5.32 Å². The molecule has 1 aromatic carbocycles. The number of carbonyl (C=O) groups excluding carboxylic acids is 1. The fourth-order valence-electron chi connectivity index (χ4n) is 1.46. The predicted octanol–water partition coefficient (Wildman–Crippen LogP) is 2.07. The van der Waals surface area contributed by atoms with Gasteiger partial charge in [0, 0.05) is 11.7 Å². The van der Waals surface area contributed by atoms with E-state index in [0.29, 0.717) is 23.0 Å². The van der Waals surface area contributed by atoms with E-state index in [9.17, 15) is 4.79 Å². The molecule has 1 aliphatic carbocycles. The summed E-state index contributed by atoms with van der Waals surface area (Å²) in [5, 5.41) is 2.92. The highest BCUT2D eigenvalue weighted by Crippen LogP contribution is 2.24. The van der Waals surface area contributed by atoms with Gasteiger partial charge in [-0.1, -0.05) is 6.08 Å². The molecule has 1 fully saturated rings. The van der Waals surface area contributed by atoms with Gasteiger partial charge in [0.05, 0.1) is 11.8 Å². The van der Waals surface area contributed by atoms with Crippen molar-refractivity contribution in [2.75, 3.05) is 5.73 Å². The number of hydrogen-bond donors (Lipinski definition) is 2. The number of rotatable bonds is 4. The lowest BCUT2D eigenvalue weighted by Crippen LogP contribution is -2.25. The fourth-order valence-corrected chi connectivity index (χ4v) is 1.46. The van der Waals surface area contributed by atoms with Crippen molar-refractivity contribution in [2.45, 2.75) is 25.8 Å². The molecule has 4 heteroatoms. The second kappa shape index (κ2) is 4.91. The van der Waals surface area contributed by atoms with Crippen molar-refractivity contribution in [1.29, 1.82) is 0 Å². The van der Waals surface area contributed by atoms with Crippen LogP contribution in [0, 0.1) is 0 Å². The summed E-state index contributed by atoms with van der Waals surface area (Å²) in [7, 11) is 0. The van der Waals surface area contributed by atoms with Gasteiger partial charge in [-0.05, 0) is 38.0 Å². The van der Waals surface area contributed by atoms with Crippen LogP contribution < -0.4 is 15.8 Å². The maximum atomic E-state index is 12.0. The summed E-state index contributed by atoms with van der Waals surface area (Å²) in [5.74, 6) is 0.398. The van der Waals surface area contributed by atoms with E-state index in [1.807, 2.05) is 6.92 Å². The zero-order chi connectivity index (χ0) is 12.3. The van der Waals surface area contributed by atoms with Gasteiger partial charge in [0.25, 0.3) is 5.91 Å². The lowest BCUT2D eigenvalue weighted by Gasteiger charge is -2.09. The number of nitrogens with one attached hydrogen (secondary N) is 1. The first-order valence-electron chi connectivity index (χ1n) is 5.69. The third-order valence-electron chi connectivity index (χ3n) is 2.49. The summed E-state index contributed by atoms with van der Waals surface area (Å²) in [4.78, 5) is 12.0. The van der Waals surface area contributed by atoms with Crippen LogP contribution in [0.25, 0.3) is 0 Å². The lowest BCUT2D eigenvalue weighted by atomic mass is 10.1. The molecule has 0 radical (unpaired) electrons. The van der Waals surface area contributed by atoms with Gasteiger partial charge in [0.1, 0.15) is 5.75 Å². The summed E-state index contributed by atoms with van der Waals surface area (Å²) in [6.45, 7) is 1.85. The van der Waals surface area contributed by atoms with E-state index >= 15 is 0 Å². The first-order chi connectivity index (χ1) is 8.20. The molecule has 0 atom stereocenters. The van der Waals surface area contributed by atoms with Crippen LogP contribution in [0.2, 0.25) is 0 Å². The molecule has 1 aromatic rings. The van der Waals surface area contributed by atoms with Gasteiger partial charge < -0.3 is 15.8 Å². The van der Waals surface area contributed by atoms with Crippen molar-refractivity contribution < 1.29 is 9.53 Å². The molecule has 4 nitrogen and oxygen atoms in total. The largest absolute Gasteiger partial charge is 0.465 e. The van der Waals surface area contributed by atoms with E-state index in [1.165, 1.54) is 0 Å². The molecule has 1 amide bonds. The van der Waals surface area contributed by atoms with Crippen LogP contribution in [-0.4, -0.2) is 11.9 Å². The van der Waals surface area contributed by atoms with E-state index in [-0.39, 0.29) is 5.91 Å². The van der Waals surface area contributed by atoms with Gasteiger partial charge in [0.2, 0.25) is 0 Å². The smallest absolute Gasteiger partial charge is 0.255 e. The number of carbonyl (C=O) groups is 1. The quantitative estimate of drug-likeness (QED) is 0.617. The summed E-state index contributed by atoms with van der Waals surface area (Å²) in [6.07, 6.45) is 5.41. The molecule has 1 saturated carbocycles. The molecular weight excluding hydrogens is 216 g/mol. The standard InChI is InChI=1S/C13H16N2O2/c1-2-7-17-12-6-3-9(14)8-11(12)13(16)15-10-4-5-10/h2-3,6-8,10H,4-5,14H2,1H3,(H,15,16). The molecule has 0 spiro atoms. The number of nitrogen functional groups attached to an aromatic ring is 1. The monoisotopic (exact) mass is 232 g/mol. The SMILES string of the molecule is CC=COc1ccc(N)cc1C(=O)NC1CC1. The Bertz CT molecular complexity index is 451. The molecular formula is C13H16N2O2. The number of anilines is 1. The third-order valence-corrected chi connectivity index (χ3v) is 2.49. The van der Waals surface area contributed by atoms with Crippen LogP contribution in [0.15, 0.2) is 30.5 Å². The van der Waals surface area contributed by atoms with Gasteiger partial charge in [-0.15, -0.1) is 0 Å². The summed E-state index contributed by atoms with van der Waals surface area (Å²) < 4.78 is 5.37. The number of benzene rings is 1. The first-order valence-corrected chi connectivity index (χ1v) is 5.69. The average Bonchev–Trinajstić information content (AvgIpc) is 3.11. The highest BCUT2D eigenvalue weighted by molar-refractivity contribution is 5.98. The molecule has 90 valence electrons. The van der Waals surface area contributed by atoms with Gasteiger partial charge >= 0.3 is 0 Å². The van der Waals surface area contributed by atoms with Crippen LogP contribution >= 0.6 is 0 Å². The number of amides is 1. The van der Waals surface area contributed by atoms with Crippen molar-refractivity contribution in [3.63, 3.8) is 0 Å². The molecule has 0 unspecified atom stereocenters. The zero-order valence-electron chi connectivity index (χ0n) is 9.77.